The van der Waals surface area contributed by atoms with E-state index in [1.165, 1.54) is 0 Å². The first-order valence-electron chi connectivity index (χ1n) is 9.98. The maximum absolute atomic E-state index is 12.6. The van der Waals surface area contributed by atoms with Crippen LogP contribution in [0.25, 0.3) is 11.4 Å². The van der Waals surface area contributed by atoms with Crippen molar-refractivity contribution in [3.63, 3.8) is 0 Å². The molecule has 10 heteroatoms. The summed E-state index contributed by atoms with van der Waals surface area (Å²) in [5.74, 6) is 2.09. The molecule has 1 aliphatic heterocycles. The van der Waals surface area contributed by atoms with Crippen LogP contribution >= 0.6 is 12.2 Å². The van der Waals surface area contributed by atoms with Crippen LogP contribution in [-0.4, -0.2) is 59.1 Å². The van der Waals surface area contributed by atoms with E-state index < -0.39 is 0 Å². The van der Waals surface area contributed by atoms with Gasteiger partial charge in [-0.2, -0.15) is 5.10 Å². The summed E-state index contributed by atoms with van der Waals surface area (Å²) >= 11 is 5.32. The third-order valence-electron chi connectivity index (χ3n) is 5.04. The largest absolute Gasteiger partial charge is 0.497 e. The minimum absolute atomic E-state index is 0.0676. The minimum atomic E-state index is -0.156. The number of pyridine rings is 1. The summed E-state index contributed by atoms with van der Waals surface area (Å²) < 4.78 is 12.7. The van der Waals surface area contributed by atoms with Crippen LogP contribution in [0.2, 0.25) is 0 Å². The molecule has 1 saturated heterocycles. The first-order valence-corrected chi connectivity index (χ1v) is 10.4. The molecule has 0 radical (unpaired) electrons. The van der Waals surface area contributed by atoms with Gasteiger partial charge >= 0.3 is 0 Å². The highest BCUT2D eigenvalue weighted by atomic mass is 32.1. The van der Waals surface area contributed by atoms with E-state index in [-0.39, 0.29) is 12.5 Å². The van der Waals surface area contributed by atoms with Crippen LogP contribution in [0.15, 0.2) is 42.6 Å². The van der Waals surface area contributed by atoms with Crippen molar-refractivity contribution in [3.8, 4) is 17.1 Å². The van der Waals surface area contributed by atoms with Crippen LogP contribution in [0.4, 0.5) is 5.82 Å². The molecule has 0 spiro atoms. The van der Waals surface area contributed by atoms with E-state index in [2.05, 4.69) is 25.4 Å². The molecule has 3 heterocycles. The third-order valence-corrected chi connectivity index (χ3v) is 5.35. The molecule has 1 aliphatic rings. The lowest BCUT2D eigenvalue weighted by atomic mass is 10.2. The molecule has 0 saturated carbocycles. The summed E-state index contributed by atoms with van der Waals surface area (Å²) in [6.07, 6.45) is 1.76. The zero-order valence-electron chi connectivity index (χ0n) is 17.2. The van der Waals surface area contributed by atoms with Gasteiger partial charge in [-0.15, -0.1) is 0 Å². The Labute approximate surface area is 185 Å². The third kappa shape index (κ3) is 5.09. The molecule has 1 amide bonds. The van der Waals surface area contributed by atoms with Gasteiger partial charge in [-0.05, 0) is 54.2 Å². The number of rotatable bonds is 7. The number of aromatic amines is 1. The number of carbonyl (C=O) groups is 1. The quantitative estimate of drug-likeness (QED) is 0.544. The van der Waals surface area contributed by atoms with Gasteiger partial charge in [-0.3, -0.25) is 14.5 Å². The lowest BCUT2D eigenvalue weighted by Gasteiger charge is -2.28. The molecule has 4 rings (SSSR count). The maximum atomic E-state index is 12.6. The van der Waals surface area contributed by atoms with Crippen molar-refractivity contribution in [1.29, 1.82) is 0 Å². The average molecular weight is 441 g/mol. The van der Waals surface area contributed by atoms with Crippen LogP contribution in [0.1, 0.15) is 5.56 Å². The Hall–Kier alpha value is -3.24. The summed E-state index contributed by atoms with van der Waals surface area (Å²) in [5.41, 5.74) is 1.82. The number of benzene rings is 1. The van der Waals surface area contributed by atoms with Crippen LogP contribution in [0.3, 0.4) is 0 Å². The normalized spacial score (nSPS) is 13.8. The Morgan fingerprint density at radius 3 is 2.77 bits per heavy atom. The van der Waals surface area contributed by atoms with Gasteiger partial charge < -0.3 is 19.7 Å². The Morgan fingerprint density at radius 1 is 1.26 bits per heavy atom. The van der Waals surface area contributed by atoms with E-state index in [1.54, 1.807) is 17.9 Å². The molecule has 2 aromatic heterocycles. The summed E-state index contributed by atoms with van der Waals surface area (Å²) in [4.78, 5) is 19.2. The Bertz CT molecular complexity index is 1090. The van der Waals surface area contributed by atoms with Crippen LogP contribution < -0.4 is 15.0 Å². The van der Waals surface area contributed by atoms with Gasteiger partial charge in [0.15, 0.2) is 10.6 Å². The van der Waals surface area contributed by atoms with Crippen molar-refractivity contribution in [2.45, 2.75) is 13.1 Å². The maximum Gasteiger partial charge on any atom is 0.240 e. The smallest absolute Gasteiger partial charge is 0.240 e. The number of ether oxygens (including phenoxy) is 2. The first kappa shape index (κ1) is 21.0. The predicted octanol–water partition coefficient (Wildman–Crippen LogP) is 2.16. The first-order chi connectivity index (χ1) is 15.1. The summed E-state index contributed by atoms with van der Waals surface area (Å²) in [6.45, 7) is 3.50. The molecule has 0 atom stereocenters. The molecular formula is C21H24N6O3S. The molecule has 1 fully saturated rings. The zero-order chi connectivity index (χ0) is 21.6. The number of nitrogens with one attached hydrogen (secondary N) is 2. The van der Waals surface area contributed by atoms with E-state index in [1.807, 2.05) is 36.4 Å². The number of H-pyrrole nitrogens is 1. The number of nitrogens with zero attached hydrogens (tertiary/aromatic N) is 4. The van der Waals surface area contributed by atoms with E-state index in [0.717, 1.165) is 35.8 Å². The fraction of sp³-hybridized carbons (Fsp3) is 0.333. The van der Waals surface area contributed by atoms with E-state index in [9.17, 15) is 4.79 Å². The Morgan fingerprint density at radius 2 is 2.03 bits per heavy atom. The van der Waals surface area contributed by atoms with Gasteiger partial charge in [0.2, 0.25) is 5.91 Å². The standard InChI is InChI=1S/C21H24N6O3S/c1-29-17-4-2-16(3-5-17)20-24-25-21(31)27(20)14-19(28)23-13-15-6-7-22-18(12-15)26-8-10-30-11-9-26/h2-7,12H,8-11,13-14H2,1H3,(H,23,28)(H,25,31). The number of carbonyl (C=O) groups excluding carboxylic acids is 1. The Kier molecular flexibility index (Phi) is 6.58. The van der Waals surface area contributed by atoms with Crippen LogP contribution in [0, 0.1) is 4.77 Å². The highest BCUT2D eigenvalue weighted by molar-refractivity contribution is 7.71. The van der Waals surface area contributed by atoms with Crippen molar-refractivity contribution in [2.24, 2.45) is 0 Å². The minimum Gasteiger partial charge on any atom is -0.497 e. The second-order valence-electron chi connectivity index (χ2n) is 7.07. The topological polar surface area (TPSA) is 97.3 Å². The number of aromatic nitrogens is 4. The number of hydrogen-bond donors (Lipinski definition) is 2. The fourth-order valence-corrected chi connectivity index (χ4v) is 3.56. The molecule has 0 bridgehead atoms. The molecule has 162 valence electrons. The molecule has 1 aromatic carbocycles. The second kappa shape index (κ2) is 9.71. The second-order valence-corrected chi connectivity index (χ2v) is 7.45. The van der Waals surface area contributed by atoms with E-state index in [0.29, 0.717) is 30.4 Å². The van der Waals surface area contributed by atoms with E-state index >= 15 is 0 Å². The number of methoxy groups -OCH3 is 1. The predicted molar refractivity (Wildman–Crippen MR) is 119 cm³/mol. The van der Waals surface area contributed by atoms with Crippen molar-refractivity contribution in [1.82, 2.24) is 25.1 Å². The van der Waals surface area contributed by atoms with Gasteiger partial charge in [0.25, 0.3) is 0 Å². The van der Waals surface area contributed by atoms with Gasteiger partial charge in [0, 0.05) is 31.4 Å². The number of hydrogen-bond acceptors (Lipinski definition) is 7. The number of morpholine rings is 1. The molecule has 31 heavy (non-hydrogen) atoms. The summed E-state index contributed by atoms with van der Waals surface area (Å²) in [6, 6.07) is 11.3. The molecule has 2 N–H and O–H groups in total. The molecule has 0 unspecified atom stereocenters. The number of anilines is 1. The summed E-state index contributed by atoms with van der Waals surface area (Å²) in [7, 11) is 1.61. The van der Waals surface area contributed by atoms with Crippen molar-refractivity contribution in [2.75, 3.05) is 38.3 Å². The van der Waals surface area contributed by atoms with Crippen molar-refractivity contribution >= 4 is 23.9 Å². The zero-order valence-corrected chi connectivity index (χ0v) is 18.0. The lowest BCUT2D eigenvalue weighted by Crippen LogP contribution is -2.36. The molecule has 0 aliphatic carbocycles. The van der Waals surface area contributed by atoms with Crippen LogP contribution in [-0.2, 0) is 22.6 Å². The molecular weight excluding hydrogens is 416 g/mol. The fourth-order valence-electron chi connectivity index (χ4n) is 3.36. The van der Waals surface area contributed by atoms with Gasteiger partial charge in [0.05, 0.1) is 20.3 Å². The molecule has 9 nitrogen and oxygen atoms in total. The Balaban J connectivity index is 1.40. The SMILES string of the molecule is COc1ccc(-c2n[nH]c(=S)n2CC(=O)NCc2ccnc(N3CCOCC3)c2)cc1. The van der Waals surface area contributed by atoms with E-state index in [4.69, 9.17) is 21.7 Å². The van der Waals surface area contributed by atoms with Crippen molar-refractivity contribution < 1.29 is 14.3 Å². The van der Waals surface area contributed by atoms with Gasteiger partial charge in [-0.25, -0.2) is 4.98 Å². The molecule has 3 aromatic rings. The van der Waals surface area contributed by atoms with Gasteiger partial charge in [0.1, 0.15) is 18.1 Å². The van der Waals surface area contributed by atoms with Crippen molar-refractivity contribution in [3.05, 3.63) is 52.9 Å². The lowest BCUT2D eigenvalue weighted by molar-refractivity contribution is -0.121. The number of amides is 1. The highest BCUT2D eigenvalue weighted by Crippen LogP contribution is 2.21. The summed E-state index contributed by atoms with van der Waals surface area (Å²) in [5, 5.41) is 10.00. The average Bonchev–Trinajstić information content (AvgIpc) is 3.18. The highest BCUT2D eigenvalue weighted by Gasteiger charge is 2.14. The van der Waals surface area contributed by atoms with Gasteiger partial charge in [-0.1, -0.05) is 0 Å². The monoisotopic (exact) mass is 440 g/mol. The van der Waals surface area contributed by atoms with Crippen LogP contribution in [0.5, 0.6) is 5.75 Å².